The molecule has 5 nitrogen and oxygen atoms in total. The largest absolute Gasteiger partial charge is 0.348 e. The molecule has 156 valence electrons. The molecule has 0 saturated heterocycles. The zero-order valence-corrected chi connectivity index (χ0v) is 18.3. The fourth-order valence-electron chi connectivity index (χ4n) is 3.99. The standard InChI is InChI=1S/C23H30N2O3S/c1-4-21(20-14-13-18-10-6-7-11-19(18)15-20)24-23(26)16-25(29(3,27)28)22-12-8-5-9-17(22)2/h5,8-9,12-15,21H,4,6-7,10-11,16H2,1-3H3,(H,24,26). The van der Waals surface area contributed by atoms with E-state index in [9.17, 15) is 13.2 Å². The molecule has 0 aliphatic heterocycles. The SMILES string of the molecule is CCC(NC(=O)CN(c1ccccc1C)S(C)(=O)=O)c1ccc2c(c1)CCCC2. The lowest BCUT2D eigenvalue weighted by Crippen LogP contribution is -2.41. The molecule has 0 radical (unpaired) electrons. The fraction of sp³-hybridized carbons (Fsp3) is 0.435. The maximum Gasteiger partial charge on any atom is 0.241 e. The van der Waals surface area contributed by atoms with Crippen LogP contribution in [0.1, 0.15) is 54.5 Å². The second kappa shape index (κ2) is 8.99. The van der Waals surface area contributed by atoms with Crippen LogP contribution in [0, 0.1) is 6.92 Å². The van der Waals surface area contributed by atoms with Crippen LogP contribution in [-0.4, -0.2) is 27.1 Å². The summed E-state index contributed by atoms with van der Waals surface area (Å²) < 4.78 is 25.9. The lowest BCUT2D eigenvalue weighted by Gasteiger charge is -2.26. The van der Waals surface area contributed by atoms with Crippen LogP contribution in [0.15, 0.2) is 42.5 Å². The molecule has 0 fully saturated rings. The van der Waals surface area contributed by atoms with Gasteiger partial charge in [0.15, 0.2) is 0 Å². The average Bonchev–Trinajstić information content (AvgIpc) is 2.70. The third kappa shape index (κ3) is 5.18. The van der Waals surface area contributed by atoms with Gasteiger partial charge in [-0.15, -0.1) is 0 Å². The molecule has 0 spiro atoms. The van der Waals surface area contributed by atoms with Gasteiger partial charge in [-0.1, -0.05) is 43.3 Å². The molecule has 6 heteroatoms. The van der Waals surface area contributed by atoms with Crippen molar-refractivity contribution >= 4 is 21.6 Å². The molecule has 0 saturated carbocycles. The number of nitrogens with one attached hydrogen (secondary N) is 1. The van der Waals surface area contributed by atoms with E-state index in [0.717, 1.165) is 36.6 Å². The number of benzene rings is 2. The molecule has 1 N–H and O–H groups in total. The van der Waals surface area contributed by atoms with Crippen LogP contribution >= 0.6 is 0 Å². The number of hydrogen-bond donors (Lipinski definition) is 1. The predicted molar refractivity (Wildman–Crippen MR) is 118 cm³/mol. The number of hydrogen-bond acceptors (Lipinski definition) is 3. The summed E-state index contributed by atoms with van der Waals surface area (Å²) in [5, 5.41) is 3.04. The van der Waals surface area contributed by atoms with E-state index in [1.165, 1.54) is 28.3 Å². The zero-order chi connectivity index (χ0) is 21.0. The third-order valence-corrected chi connectivity index (χ3v) is 6.72. The van der Waals surface area contributed by atoms with E-state index in [1.54, 1.807) is 12.1 Å². The van der Waals surface area contributed by atoms with E-state index in [4.69, 9.17) is 0 Å². The average molecular weight is 415 g/mol. The molecule has 1 amide bonds. The van der Waals surface area contributed by atoms with Crippen LogP contribution in [0.5, 0.6) is 0 Å². The number of fused-ring (bicyclic) bond motifs is 1. The molecule has 2 aromatic carbocycles. The topological polar surface area (TPSA) is 66.5 Å². The van der Waals surface area contributed by atoms with E-state index in [-0.39, 0.29) is 18.5 Å². The van der Waals surface area contributed by atoms with Crippen molar-refractivity contribution in [2.75, 3.05) is 17.1 Å². The highest BCUT2D eigenvalue weighted by molar-refractivity contribution is 7.92. The number of rotatable bonds is 7. The van der Waals surface area contributed by atoms with E-state index in [1.807, 2.05) is 26.0 Å². The highest BCUT2D eigenvalue weighted by Crippen LogP contribution is 2.26. The van der Waals surface area contributed by atoms with Gasteiger partial charge >= 0.3 is 0 Å². The van der Waals surface area contributed by atoms with Crippen LogP contribution < -0.4 is 9.62 Å². The lowest BCUT2D eigenvalue weighted by atomic mass is 9.89. The quantitative estimate of drug-likeness (QED) is 0.747. The van der Waals surface area contributed by atoms with Crippen molar-refractivity contribution < 1.29 is 13.2 Å². The summed E-state index contributed by atoms with van der Waals surface area (Å²) in [5.74, 6) is -0.303. The number of carbonyl (C=O) groups is 1. The number of anilines is 1. The predicted octanol–water partition coefficient (Wildman–Crippen LogP) is 3.91. The van der Waals surface area contributed by atoms with Gasteiger partial charge in [0, 0.05) is 0 Å². The molecule has 29 heavy (non-hydrogen) atoms. The number of amides is 1. The minimum absolute atomic E-state index is 0.131. The Bertz CT molecular complexity index is 985. The van der Waals surface area contributed by atoms with Crippen LogP contribution in [0.2, 0.25) is 0 Å². The first-order valence-corrected chi connectivity index (χ1v) is 12.1. The number of aryl methyl sites for hydroxylation is 3. The van der Waals surface area contributed by atoms with Crippen molar-refractivity contribution in [3.05, 3.63) is 64.7 Å². The van der Waals surface area contributed by atoms with Crippen molar-refractivity contribution in [2.24, 2.45) is 0 Å². The van der Waals surface area contributed by atoms with Crippen molar-refractivity contribution in [3.8, 4) is 0 Å². The van der Waals surface area contributed by atoms with Crippen LogP contribution in [-0.2, 0) is 27.7 Å². The van der Waals surface area contributed by atoms with Gasteiger partial charge in [0.1, 0.15) is 6.54 Å². The maximum atomic E-state index is 12.8. The first-order valence-electron chi connectivity index (χ1n) is 10.2. The Labute approximate surface area is 174 Å². The lowest BCUT2D eigenvalue weighted by molar-refractivity contribution is -0.120. The minimum Gasteiger partial charge on any atom is -0.348 e. The van der Waals surface area contributed by atoms with Gasteiger partial charge in [-0.05, 0) is 67.3 Å². The van der Waals surface area contributed by atoms with Crippen LogP contribution in [0.4, 0.5) is 5.69 Å². The number of nitrogens with zero attached hydrogens (tertiary/aromatic N) is 1. The van der Waals surface area contributed by atoms with Crippen LogP contribution in [0.25, 0.3) is 0 Å². The Morgan fingerprint density at radius 2 is 1.79 bits per heavy atom. The second-order valence-corrected chi connectivity index (χ2v) is 9.73. The molecule has 0 bridgehead atoms. The second-order valence-electron chi connectivity index (χ2n) is 7.82. The summed E-state index contributed by atoms with van der Waals surface area (Å²) in [6, 6.07) is 13.5. The molecular weight excluding hydrogens is 384 g/mol. The molecule has 0 aromatic heterocycles. The monoisotopic (exact) mass is 414 g/mol. The van der Waals surface area contributed by atoms with Gasteiger partial charge in [0.2, 0.25) is 15.9 Å². The summed E-state index contributed by atoms with van der Waals surface area (Å²) in [4.78, 5) is 12.8. The molecule has 0 heterocycles. The smallest absolute Gasteiger partial charge is 0.241 e. The van der Waals surface area contributed by atoms with Crippen molar-refractivity contribution in [3.63, 3.8) is 0 Å². The Morgan fingerprint density at radius 1 is 1.10 bits per heavy atom. The van der Waals surface area contributed by atoms with Crippen LogP contribution in [0.3, 0.4) is 0 Å². The fourth-order valence-corrected chi connectivity index (χ4v) is 4.90. The van der Waals surface area contributed by atoms with E-state index in [0.29, 0.717) is 5.69 Å². The number of para-hydroxylation sites is 1. The summed E-state index contributed by atoms with van der Waals surface area (Å²) >= 11 is 0. The van der Waals surface area contributed by atoms with Crippen molar-refractivity contribution in [2.45, 2.75) is 52.0 Å². The third-order valence-electron chi connectivity index (χ3n) is 5.59. The first-order chi connectivity index (χ1) is 13.8. The summed E-state index contributed by atoms with van der Waals surface area (Å²) in [7, 11) is -3.58. The zero-order valence-electron chi connectivity index (χ0n) is 17.4. The molecule has 2 aromatic rings. The summed E-state index contributed by atoms with van der Waals surface area (Å²) in [5.41, 5.74) is 5.21. The minimum atomic E-state index is -3.58. The normalized spacial score (nSPS) is 14.7. The Kier molecular flexibility index (Phi) is 6.63. The number of carbonyl (C=O) groups excluding carboxylic acids is 1. The maximum absolute atomic E-state index is 12.8. The Balaban J connectivity index is 1.77. The molecule has 3 rings (SSSR count). The molecule has 1 atom stereocenters. The van der Waals surface area contributed by atoms with E-state index < -0.39 is 10.0 Å². The highest BCUT2D eigenvalue weighted by atomic mass is 32.2. The number of sulfonamides is 1. The van der Waals surface area contributed by atoms with Gasteiger partial charge in [-0.2, -0.15) is 0 Å². The molecular formula is C23H30N2O3S. The van der Waals surface area contributed by atoms with Gasteiger partial charge in [-0.25, -0.2) is 8.42 Å². The molecule has 1 aliphatic rings. The van der Waals surface area contributed by atoms with Gasteiger partial charge in [0.25, 0.3) is 0 Å². The van der Waals surface area contributed by atoms with E-state index in [2.05, 4.69) is 23.5 Å². The Hall–Kier alpha value is -2.34. The van der Waals surface area contributed by atoms with Gasteiger partial charge in [0.05, 0.1) is 18.0 Å². The van der Waals surface area contributed by atoms with Crippen molar-refractivity contribution in [1.29, 1.82) is 0 Å². The van der Waals surface area contributed by atoms with Gasteiger partial charge in [-0.3, -0.25) is 9.10 Å². The van der Waals surface area contributed by atoms with E-state index >= 15 is 0 Å². The summed E-state index contributed by atoms with van der Waals surface area (Å²) in [6.45, 7) is 3.64. The van der Waals surface area contributed by atoms with Gasteiger partial charge < -0.3 is 5.32 Å². The molecule has 1 unspecified atom stereocenters. The summed E-state index contributed by atoms with van der Waals surface area (Å²) in [6.07, 6.45) is 6.53. The van der Waals surface area contributed by atoms with Crippen molar-refractivity contribution in [1.82, 2.24) is 5.32 Å². The Morgan fingerprint density at radius 3 is 2.45 bits per heavy atom. The molecule has 1 aliphatic carbocycles. The first kappa shape index (κ1) is 21.4. The highest BCUT2D eigenvalue weighted by Gasteiger charge is 2.24.